The minimum Gasteiger partial charge on any atom is -0.491 e. The van der Waals surface area contributed by atoms with Crippen molar-refractivity contribution in [1.82, 2.24) is 0 Å². The first-order valence-electron chi connectivity index (χ1n) is 10.8. The van der Waals surface area contributed by atoms with Crippen molar-refractivity contribution >= 4 is 11.6 Å². The number of para-hydroxylation sites is 1. The zero-order chi connectivity index (χ0) is 22.9. The summed E-state index contributed by atoms with van der Waals surface area (Å²) < 4.78 is 22.7. The fourth-order valence-corrected chi connectivity index (χ4v) is 5.15. The molecule has 0 saturated carbocycles. The first-order valence-corrected chi connectivity index (χ1v) is 10.8. The lowest BCUT2D eigenvalue weighted by Gasteiger charge is -2.39. The smallest absolute Gasteiger partial charge is 0.245 e. The number of ether oxygens (including phenoxy) is 4. The van der Waals surface area contributed by atoms with E-state index < -0.39 is 36.1 Å². The molecular formula is C23H23NO9. The molecule has 6 unspecified atom stereocenters. The van der Waals surface area contributed by atoms with E-state index in [4.69, 9.17) is 18.9 Å². The molecule has 6 atom stereocenters. The lowest BCUT2D eigenvalue weighted by atomic mass is 9.77. The lowest BCUT2D eigenvalue weighted by Crippen LogP contribution is -2.60. The highest BCUT2D eigenvalue weighted by Crippen LogP contribution is 2.54. The van der Waals surface area contributed by atoms with Gasteiger partial charge in [-0.1, -0.05) is 18.2 Å². The molecule has 33 heavy (non-hydrogen) atoms. The predicted molar refractivity (Wildman–Crippen MR) is 111 cm³/mol. The maximum absolute atomic E-state index is 14.0. The van der Waals surface area contributed by atoms with Crippen LogP contribution in [0.2, 0.25) is 0 Å². The molecule has 6 rings (SSSR count). The Balaban J connectivity index is 1.41. The van der Waals surface area contributed by atoms with Crippen LogP contribution >= 0.6 is 0 Å². The predicted octanol–water partition coefficient (Wildman–Crippen LogP) is -0.717. The third kappa shape index (κ3) is 2.82. The summed E-state index contributed by atoms with van der Waals surface area (Å²) in [5.41, 5.74) is 0.877. The Morgan fingerprint density at radius 3 is 2.39 bits per heavy atom. The molecule has 1 amide bonds. The van der Waals surface area contributed by atoms with Gasteiger partial charge < -0.3 is 44.3 Å². The Labute approximate surface area is 188 Å². The fraction of sp³-hybridized carbons (Fsp3) is 0.435. The molecule has 4 N–H and O–H groups in total. The van der Waals surface area contributed by atoms with Gasteiger partial charge in [-0.15, -0.1) is 0 Å². The summed E-state index contributed by atoms with van der Waals surface area (Å²) in [6.45, 7) is 0.779. The first kappa shape index (κ1) is 20.7. The maximum atomic E-state index is 14.0. The molecule has 4 aliphatic heterocycles. The summed E-state index contributed by atoms with van der Waals surface area (Å²) in [6.07, 6.45) is -7.56. The van der Waals surface area contributed by atoms with Gasteiger partial charge in [0.15, 0.2) is 17.8 Å². The molecule has 0 bridgehead atoms. The van der Waals surface area contributed by atoms with Gasteiger partial charge in [-0.3, -0.25) is 4.79 Å². The van der Waals surface area contributed by atoms with Gasteiger partial charge >= 0.3 is 0 Å². The van der Waals surface area contributed by atoms with Crippen molar-refractivity contribution in [2.75, 3.05) is 31.3 Å². The molecule has 1 saturated heterocycles. The summed E-state index contributed by atoms with van der Waals surface area (Å²) in [4.78, 5) is 15.5. The highest BCUT2D eigenvalue weighted by molar-refractivity contribution is 6.11. The van der Waals surface area contributed by atoms with E-state index in [1.165, 1.54) is 4.90 Å². The summed E-state index contributed by atoms with van der Waals surface area (Å²) in [6, 6.07) is 10.8. The molecule has 174 valence electrons. The Morgan fingerprint density at radius 2 is 1.61 bits per heavy atom. The van der Waals surface area contributed by atoms with Crippen LogP contribution in [0.4, 0.5) is 5.69 Å². The fourth-order valence-electron chi connectivity index (χ4n) is 5.15. The second kappa shape index (κ2) is 7.31. The van der Waals surface area contributed by atoms with E-state index >= 15 is 0 Å². The van der Waals surface area contributed by atoms with E-state index in [-0.39, 0.29) is 19.1 Å². The van der Waals surface area contributed by atoms with Crippen molar-refractivity contribution in [3.05, 3.63) is 47.5 Å². The molecule has 1 spiro atoms. The van der Waals surface area contributed by atoms with Crippen LogP contribution < -0.4 is 19.1 Å². The average molecular weight is 457 g/mol. The van der Waals surface area contributed by atoms with Crippen LogP contribution in [0.5, 0.6) is 17.2 Å². The summed E-state index contributed by atoms with van der Waals surface area (Å²) in [5, 5.41) is 40.2. The minimum absolute atomic E-state index is 0.0790. The van der Waals surface area contributed by atoms with Gasteiger partial charge in [-0.05, 0) is 17.7 Å². The monoisotopic (exact) mass is 457 g/mol. The maximum Gasteiger partial charge on any atom is 0.245 e. The van der Waals surface area contributed by atoms with Crippen molar-refractivity contribution in [2.45, 2.75) is 36.1 Å². The van der Waals surface area contributed by atoms with E-state index in [1.807, 2.05) is 12.1 Å². The molecule has 4 heterocycles. The number of aliphatic hydroxyl groups excluding tert-OH is 4. The van der Waals surface area contributed by atoms with Gasteiger partial charge in [0.25, 0.3) is 0 Å². The molecule has 1 fully saturated rings. The van der Waals surface area contributed by atoms with Crippen molar-refractivity contribution in [3.63, 3.8) is 0 Å². The highest BCUT2D eigenvalue weighted by atomic mass is 16.6. The lowest BCUT2D eigenvalue weighted by molar-refractivity contribution is -0.279. The molecule has 0 aromatic heterocycles. The van der Waals surface area contributed by atoms with Gasteiger partial charge in [0.05, 0.1) is 6.54 Å². The van der Waals surface area contributed by atoms with Gasteiger partial charge in [0.2, 0.25) is 5.91 Å². The quantitative estimate of drug-likeness (QED) is 0.460. The number of benzene rings is 2. The third-order valence-corrected chi connectivity index (χ3v) is 6.86. The number of nitrogens with zero attached hydrogens (tertiary/aromatic N) is 1. The van der Waals surface area contributed by atoms with Crippen LogP contribution in [0.1, 0.15) is 11.1 Å². The topological polar surface area (TPSA) is 138 Å². The van der Waals surface area contributed by atoms with Crippen LogP contribution in [0, 0.1) is 0 Å². The molecule has 0 aliphatic carbocycles. The summed E-state index contributed by atoms with van der Waals surface area (Å²) >= 11 is 0. The third-order valence-electron chi connectivity index (χ3n) is 6.86. The standard InChI is InChI=1S/C23H23NO9/c25-18-17(33-21(28)20(27)19(18)26)9-24-13-4-2-1-3-11(13)23(22(24)29)10-32-14-8-16-15(7-12(14)23)30-5-6-31-16/h1-4,7-8,17-21,25-28H,5-6,9-10H2. The highest BCUT2D eigenvalue weighted by Gasteiger charge is 2.58. The van der Waals surface area contributed by atoms with E-state index in [1.54, 1.807) is 24.3 Å². The number of hydrogen-bond donors (Lipinski definition) is 4. The van der Waals surface area contributed by atoms with Crippen LogP contribution in [0.25, 0.3) is 0 Å². The average Bonchev–Trinajstić information content (AvgIpc) is 3.31. The molecular weight excluding hydrogens is 434 g/mol. The van der Waals surface area contributed by atoms with Crippen molar-refractivity contribution < 1.29 is 44.2 Å². The number of hydrogen-bond acceptors (Lipinski definition) is 9. The van der Waals surface area contributed by atoms with Gasteiger partial charge in [-0.25, -0.2) is 0 Å². The van der Waals surface area contributed by atoms with Crippen molar-refractivity contribution in [3.8, 4) is 17.2 Å². The first-order chi connectivity index (χ1) is 15.9. The van der Waals surface area contributed by atoms with E-state index in [2.05, 4.69) is 0 Å². The Morgan fingerprint density at radius 1 is 0.879 bits per heavy atom. The molecule has 0 radical (unpaired) electrons. The number of carbonyl (C=O) groups excluding carboxylic acids is 1. The zero-order valence-corrected chi connectivity index (χ0v) is 17.5. The number of amides is 1. The van der Waals surface area contributed by atoms with Gasteiger partial charge in [0.1, 0.15) is 55.4 Å². The minimum atomic E-state index is -1.69. The molecule has 2 aromatic carbocycles. The van der Waals surface area contributed by atoms with Crippen LogP contribution in [-0.2, 0) is 14.9 Å². The molecule has 10 heteroatoms. The number of carbonyl (C=O) groups is 1. The molecule has 2 aromatic rings. The van der Waals surface area contributed by atoms with Gasteiger partial charge in [-0.2, -0.15) is 0 Å². The second-order valence-corrected chi connectivity index (χ2v) is 8.66. The van der Waals surface area contributed by atoms with E-state index in [9.17, 15) is 25.2 Å². The number of aliphatic hydroxyl groups is 4. The molecule has 4 aliphatic rings. The normalized spacial score (nSPS) is 34.2. The Bertz CT molecular complexity index is 1120. The number of anilines is 1. The summed E-state index contributed by atoms with van der Waals surface area (Å²) in [5.74, 6) is 1.35. The number of fused-ring (bicyclic) bond motifs is 5. The Hall–Kier alpha value is -2.89. The van der Waals surface area contributed by atoms with Crippen LogP contribution in [0.15, 0.2) is 36.4 Å². The van der Waals surface area contributed by atoms with Crippen molar-refractivity contribution in [1.29, 1.82) is 0 Å². The van der Waals surface area contributed by atoms with Gasteiger partial charge in [0, 0.05) is 17.3 Å². The second-order valence-electron chi connectivity index (χ2n) is 8.66. The van der Waals surface area contributed by atoms with Crippen LogP contribution in [0.3, 0.4) is 0 Å². The largest absolute Gasteiger partial charge is 0.491 e. The number of rotatable bonds is 2. The summed E-state index contributed by atoms with van der Waals surface area (Å²) in [7, 11) is 0. The van der Waals surface area contributed by atoms with E-state index in [0.717, 1.165) is 5.56 Å². The van der Waals surface area contributed by atoms with Crippen molar-refractivity contribution in [2.24, 2.45) is 0 Å². The Kier molecular flexibility index (Phi) is 4.58. The SMILES string of the molecule is O=C1N(CC2OC(O)C(O)C(O)C2O)c2ccccc2C12COc1cc3c(cc12)OCCO3. The van der Waals surface area contributed by atoms with Crippen LogP contribution in [-0.4, -0.2) is 83.4 Å². The van der Waals surface area contributed by atoms with E-state index in [0.29, 0.717) is 41.7 Å². The molecule has 10 nitrogen and oxygen atoms in total. The zero-order valence-electron chi connectivity index (χ0n) is 17.5.